The Morgan fingerprint density at radius 1 is 1.50 bits per heavy atom. The van der Waals surface area contributed by atoms with E-state index in [0.717, 1.165) is 6.42 Å². The van der Waals surface area contributed by atoms with Crippen LogP contribution in [0.3, 0.4) is 0 Å². The lowest BCUT2D eigenvalue weighted by atomic mass is 10.1. The number of terminal acetylenes is 1. The predicted octanol–water partition coefficient (Wildman–Crippen LogP) is 1.81. The van der Waals surface area contributed by atoms with Crippen LogP contribution in [0.2, 0.25) is 0 Å². The summed E-state index contributed by atoms with van der Waals surface area (Å²) in [6, 6.07) is 8.76. The minimum atomic E-state index is 0.311. The number of rotatable bonds is 2. The van der Waals surface area contributed by atoms with E-state index >= 15 is 0 Å². The van der Waals surface area contributed by atoms with Crippen molar-refractivity contribution < 1.29 is 0 Å². The average Bonchev–Trinajstić information content (AvgIpc) is 2.51. The molecule has 2 rings (SSSR count). The maximum atomic E-state index is 5.23. The summed E-state index contributed by atoms with van der Waals surface area (Å²) in [6.07, 6.45) is 6.26. The summed E-state index contributed by atoms with van der Waals surface area (Å²) >= 11 is 4.57. The van der Waals surface area contributed by atoms with Crippen LogP contribution in [0.4, 0.5) is 0 Å². The number of benzene rings is 1. The first-order chi connectivity index (χ1) is 6.83. The van der Waals surface area contributed by atoms with E-state index in [-0.39, 0.29) is 0 Å². The summed E-state index contributed by atoms with van der Waals surface area (Å²) in [6.45, 7) is 0.607. The van der Waals surface area contributed by atoms with Gasteiger partial charge < -0.3 is 0 Å². The zero-order valence-electron chi connectivity index (χ0n) is 7.90. The average molecular weight is 203 g/mol. The van der Waals surface area contributed by atoms with Gasteiger partial charge in [0, 0.05) is 11.3 Å². The molecule has 0 heterocycles. The van der Waals surface area contributed by atoms with Crippen LogP contribution < -0.4 is 5.32 Å². The van der Waals surface area contributed by atoms with E-state index in [1.807, 2.05) is 0 Å². The summed E-state index contributed by atoms with van der Waals surface area (Å²) in [5.74, 6) is 2.60. The Bertz CT molecular complexity index is 367. The highest BCUT2D eigenvalue weighted by Crippen LogP contribution is 2.34. The second-order valence-corrected chi connectivity index (χ2v) is 4.20. The molecule has 2 atom stereocenters. The second-order valence-electron chi connectivity index (χ2n) is 3.53. The van der Waals surface area contributed by atoms with Gasteiger partial charge in [0.05, 0.1) is 6.54 Å². The summed E-state index contributed by atoms with van der Waals surface area (Å²) in [5.41, 5.74) is 2.74. The smallest absolute Gasteiger partial charge is 0.0578 e. The third-order valence-electron chi connectivity index (χ3n) is 2.63. The number of thiol groups is 1. The molecule has 1 aliphatic rings. The van der Waals surface area contributed by atoms with Gasteiger partial charge >= 0.3 is 0 Å². The molecule has 0 spiro atoms. The minimum Gasteiger partial charge on any atom is -0.298 e. The molecule has 1 nitrogen and oxygen atoms in total. The third-order valence-corrected chi connectivity index (χ3v) is 3.11. The van der Waals surface area contributed by atoms with Crippen molar-refractivity contribution in [3.05, 3.63) is 35.4 Å². The molecule has 0 saturated carbocycles. The van der Waals surface area contributed by atoms with Gasteiger partial charge in [0.15, 0.2) is 0 Å². The van der Waals surface area contributed by atoms with E-state index in [1.54, 1.807) is 0 Å². The summed E-state index contributed by atoms with van der Waals surface area (Å²) in [4.78, 5) is 0. The van der Waals surface area contributed by atoms with Gasteiger partial charge in [0.25, 0.3) is 0 Å². The maximum Gasteiger partial charge on any atom is 0.0578 e. The Hall–Kier alpha value is -0.910. The van der Waals surface area contributed by atoms with Gasteiger partial charge in [-0.3, -0.25) is 5.32 Å². The van der Waals surface area contributed by atoms with Crippen molar-refractivity contribution in [3.63, 3.8) is 0 Å². The van der Waals surface area contributed by atoms with Gasteiger partial charge in [-0.2, -0.15) is 12.6 Å². The summed E-state index contributed by atoms with van der Waals surface area (Å²) < 4.78 is 0. The molecule has 1 aliphatic carbocycles. The van der Waals surface area contributed by atoms with E-state index in [9.17, 15) is 0 Å². The van der Waals surface area contributed by atoms with Crippen LogP contribution in [0.1, 0.15) is 17.2 Å². The quantitative estimate of drug-likeness (QED) is 0.552. The third kappa shape index (κ3) is 1.66. The SMILES string of the molecule is C#CCN[C@H]1c2ccccc2C[C@@H]1S. The van der Waals surface area contributed by atoms with Gasteiger partial charge in [-0.15, -0.1) is 6.42 Å². The van der Waals surface area contributed by atoms with Crippen LogP contribution in [0, 0.1) is 12.3 Å². The topological polar surface area (TPSA) is 12.0 Å². The lowest BCUT2D eigenvalue weighted by molar-refractivity contribution is 0.582. The molecule has 0 fully saturated rings. The van der Waals surface area contributed by atoms with Crippen LogP contribution in [0.25, 0.3) is 0 Å². The first-order valence-corrected chi connectivity index (χ1v) is 5.27. The minimum absolute atomic E-state index is 0.311. The normalized spacial score (nSPS) is 24.3. The highest BCUT2D eigenvalue weighted by Gasteiger charge is 2.28. The van der Waals surface area contributed by atoms with Gasteiger partial charge in [0.1, 0.15) is 0 Å². The fourth-order valence-corrected chi connectivity index (χ4v) is 2.45. The van der Waals surface area contributed by atoms with Gasteiger partial charge in [-0.05, 0) is 17.5 Å². The summed E-state index contributed by atoms with van der Waals surface area (Å²) in [7, 11) is 0. The fraction of sp³-hybridized carbons (Fsp3) is 0.333. The number of hydrogen-bond donors (Lipinski definition) is 2. The number of hydrogen-bond acceptors (Lipinski definition) is 2. The van der Waals surface area contributed by atoms with Crippen molar-refractivity contribution in [1.82, 2.24) is 5.32 Å². The maximum absolute atomic E-state index is 5.23. The molecule has 1 aromatic carbocycles. The van der Waals surface area contributed by atoms with Gasteiger partial charge in [-0.25, -0.2) is 0 Å². The van der Waals surface area contributed by atoms with Gasteiger partial charge in [0.2, 0.25) is 0 Å². The van der Waals surface area contributed by atoms with Crippen molar-refractivity contribution in [2.75, 3.05) is 6.54 Å². The van der Waals surface area contributed by atoms with Crippen LogP contribution in [0.5, 0.6) is 0 Å². The van der Waals surface area contributed by atoms with E-state index < -0.39 is 0 Å². The molecule has 0 saturated heterocycles. The van der Waals surface area contributed by atoms with Crippen LogP contribution in [-0.4, -0.2) is 11.8 Å². The van der Waals surface area contributed by atoms with E-state index in [2.05, 4.69) is 48.1 Å². The molecule has 2 heteroatoms. The van der Waals surface area contributed by atoms with Crippen molar-refractivity contribution in [2.45, 2.75) is 17.7 Å². The Morgan fingerprint density at radius 3 is 3.07 bits per heavy atom. The Morgan fingerprint density at radius 2 is 2.29 bits per heavy atom. The molecule has 0 aromatic heterocycles. The van der Waals surface area contributed by atoms with Crippen LogP contribution in [0.15, 0.2) is 24.3 Å². The van der Waals surface area contributed by atoms with E-state index in [4.69, 9.17) is 6.42 Å². The molecule has 0 bridgehead atoms. The fourth-order valence-electron chi connectivity index (χ4n) is 1.99. The molecular weight excluding hydrogens is 190 g/mol. The highest BCUT2D eigenvalue weighted by atomic mass is 32.1. The van der Waals surface area contributed by atoms with E-state index in [1.165, 1.54) is 11.1 Å². The molecule has 1 N–H and O–H groups in total. The second kappa shape index (κ2) is 4.08. The Kier molecular flexibility index (Phi) is 2.81. The largest absolute Gasteiger partial charge is 0.298 e. The highest BCUT2D eigenvalue weighted by molar-refractivity contribution is 7.81. The van der Waals surface area contributed by atoms with Crippen molar-refractivity contribution in [1.29, 1.82) is 0 Å². The Labute approximate surface area is 90.3 Å². The molecule has 0 aliphatic heterocycles. The standard InChI is InChI=1S/C12H13NS/c1-2-7-13-12-10-6-4-3-5-9(10)8-11(12)14/h1,3-6,11-14H,7-8H2/t11-,12-/m0/s1. The zero-order chi connectivity index (χ0) is 9.97. The molecule has 72 valence electrons. The van der Waals surface area contributed by atoms with Crippen LogP contribution >= 0.6 is 12.6 Å². The molecule has 0 radical (unpaired) electrons. The molecule has 1 aromatic rings. The lowest BCUT2D eigenvalue weighted by Gasteiger charge is -2.16. The summed E-state index contributed by atoms with van der Waals surface area (Å²) in [5, 5.41) is 3.67. The van der Waals surface area contributed by atoms with Crippen molar-refractivity contribution >= 4 is 12.6 Å². The lowest BCUT2D eigenvalue weighted by Crippen LogP contribution is -2.26. The van der Waals surface area contributed by atoms with Crippen LogP contribution in [-0.2, 0) is 6.42 Å². The molecular formula is C12H13NS. The zero-order valence-corrected chi connectivity index (χ0v) is 8.80. The van der Waals surface area contributed by atoms with Gasteiger partial charge in [-0.1, -0.05) is 30.2 Å². The first-order valence-electron chi connectivity index (χ1n) is 4.75. The Balaban J connectivity index is 2.22. The number of nitrogens with one attached hydrogen (secondary N) is 1. The molecule has 0 unspecified atom stereocenters. The monoisotopic (exact) mass is 203 g/mol. The first kappa shape index (κ1) is 9.64. The number of fused-ring (bicyclic) bond motifs is 1. The molecule has 14 heavy (non-hydrogen) atoms. The van der Waals surface area contributed by atoms with Crippen molar-refractivity contribution in [2.24, 2.45) is 0 Å². The van der Waals surface area contributed by atoms with E-state index in [0.29, 0.717) is 17.8 Å². The van der Waals surface area contributed by atoms with Crippen molar-refractivity contribution in [3.8, 4) is 12.3 Å². The molecule has 0 amide bonds. The predicted molar refractivity (Wildman–Crippen MR) is 62.5 cm³/mol.